The van der Waals surface area contributed by atoms with Gasteiger partial charge < -0.3 is 0 Å². The third-order valence-corrected chi connectivity index (χ3v) is 2.65. The number of rotatable bonds is 4. The van der Waals surface area contributed by atoms with Crippen LogP contribution in [-0.4, -0.2) is 4.92 Å². The highest BCUT2D eigenvalue weighted by Gasteiger charge is 1.97. The average Bonchev–Trinajstić information content (AvgIpc) is 2.50. The van der Waals surface area contributed by atoms with Gasteiger partial charge in [0, 0.05) is 15.8 Å². The van der Waals surface area contributed by atoms with Gasteiger partial charge >= 0.3 is 0 Å². The van der Waals surface area contributed by atoms with E-state index in [1.807, 2.05) is 12.1 Å². The molecule has 0 saturated carbocycles. The fourth-order valence-electron chi connectivity index (χ4n) is 0.999. The first-order valence-corrected chi connectivity index (χ1v) is 4.94. The summed E-state index contributed by atoms with van der Waals surface area (Å²) in [5, 5.41) is 10.0. The number of nitro groups is 1. The van der Waals surface area contributed by atoms with Crippen LogP contribution >= 0.6 is 11.3 Å². The first-order valence-electron chi connectivity index (χ1n) is 4.12. The molecule has 3 nitrogen and oxygen atoms in total. The summed E-state index contributed by atoms with van der Waals surface area (Å²) in [5.74, 6) is 0. The first kappa shape index (κ1) is 9.92. The lowest BCUT2D eigenvalue weighted by Gasteiger charge is -1.87. The van der Waals surface area contributed by atoms with Crippen LogP contribution in [0.5, 0.6) is 0 Å². The van der Waals surface area contributed by atoms with E-state index in [9.17, 15) is 10.1 Å². The predicted octanol–water partition coefficient (Wildman–Crippen LogP) is 2.95. The van der Waals surface area contributed by atoms with E-state index in [-0.39, 0.29) is 0 Å². The molecule has 0 bridgehead atoms. The van der Waals surface area contributed by atoms with E-state index < -0.39 is 4.92 Å². The van der Waals surface area contributed by atoms with Crippen LogP contribution in [0.1, 0.15) is 23.1 Å². The maximum Gasteiger partial charge on any atom is 0.235 e. The summed E-state index contributed by atoms with van der Waals surface area (Å²) < 4.78 is 0. The largest absolute Gasteiger partial charge is 0.259 e. The van der Waals surface area contributed by atoms with E-state index in [1.54, 1.807) is 11.3 Å². The molecule has 0 N–H and O–H groups in total. The van der Waals surface area contributed by atoms with Gasteiger partial charge in [0.2, 0.25) is 6.20 Å². The average molecular weight is 197 g/mol. The zero-order valence-electron chi connectivity index (χ0n) is 7.40. The standard InChI is InChI=1S/C9H11NO2S/c1-2-3-8-4-5-9(13-8)6-7-10(11)12/h4-7H,2-3H2,1H3/b7-6+. The van der Waals surface area contributed by atoms with Crippen molar-refractivity contribution >= 4 is 17.4 Å². The van der Waals surface area contributed by atoms with Gasteiger partial charge in [-0.1, -0.05) is 13.3 Å². The Morgan fingerprint density at radius 2 is 2.38 bits per heavy atom. The number of thiophene rings is 1. The first-order chi connectivity index (χ1) is 6.22. The number of aryl methyl sites for hydroxylation is 1. The summed E-state index contributed by atoms with van der Waals surface area (Å²) >= 11 is 1.61. The minimum Gasteiger partial charge on any atom is -0.259 e. The smallest absolute Gasteiger partial charge is 0.235 e. The third-order valence-electron chi connectivity index (χ3n) is 1.54. The van der Waals surface area contributed by atoms with Crippen molar-refractivity contribution in [3.63, 3.8) is 0 Å². The highest BCUT2D eigenvalue weighted by atomic mass is 32.1. The van der Waals surface area contributed by atoms with E-state index in [0.717, 1.165) is 23.9 Å². The summed E-state index contributed by atoms with van der Waals surface area (Å²) in [6.45, 7) is 2.12. The van der Waals surface area contributed by atoms with Crippen molar-refractivity contribution in [1.82, 2.24) is 0 Å². The molecule has 1 aromatic heterocycles. The lowest BCUT2D eigenvalue weighted by Crippen LogP contribution is -1.80. The van der Waals surface area contributed by atoms with Crippen LogP contribution in [0.15, 0.2) is 18.3 Å². The van der Waals surface area contributed by atoms with Crippen LogP contribution < -0.4 is 0 Å². The normalized spacial score (nSPS) is 10.8. The number of hydrogen-bond acceptors (Lipinski definition) is 3. The Hall–Kier alpha value is -1.16. The van der Waals surface area contributed by atoms with Crippen molar-refractivity contribution in [3.05, 3.63) is 38.2 Å². The van der Waals surface area contributed by atoms with E-state index in [4.69, 9.17) is 0 Å². The Kier molecular flexibility index (Phi) is 3.64. The third kappa shape index (κ3) is 3.38. The molecule has 1 heterocycles. The van der Waals surface area contributed by atoms with Crippen LogP contribution in [-0.2, 0) is 6.42 Å². The molecule has 1 rings (SSSR count). The summed E-state index contributed by atoms with van der Waals surface area (Å²) in [6, 6.07) is 3.93. The van der Waals surface area contributed by atoms with Crippen molar-refractivity contribution in [1.29, 1.82) is 0 Å². The molecule has 70 valence electrons. The molecule has 4 heteroatoms. The topological polar surface area (TPSA) is 43.1 Å². The van der Waals surface area contributed by atoms with Crippen molar-refractivity contribution in [2.45, 2.75) is 19.8 Å². The molecule has 0 saturated heterocycles. The molecule has 0 amide bonds. The van der Waals surface area contributed by atoms with Crippen molar-refractivity contribution in [2.75, 3.05) is 0 Å². The highest BCUT2D eigenvalue weighted by Crippen LogP contribution is 2.19. The Bertz CT molecular complexity index is 317. The molecule has 0 fully saturated rings. The minimum absolute atomic E-state index is 0.445. The van der Waals surface area contributed by atoms with Crippen LogP contribution in [0, 0.1) is 10.1 Å². The van der Waals surface area contributed by atoms with Crippen molar-refractivity contribution in [2.24, 2.45) is 0 Å². The van der Waals surface area contributed by atoms with E-state index in [0.29, 0.717) is 0 Å². The molecule has 0 aliphatic carbocycles. The van der Waals surface area contributed by atoms with Crippen LogP contribution in [0.2, 0.25) is 0 Å². The van der Waals surface area contributed by atoms with Gasteiger partial charge in [-0.15, -0.1) is 11.3 Å². The molecule has 0 unspecified atom stereocenters. The van der Waals surface area contributed by atoms with Crippen molar-refractivity contribution < 1.29 is 4.92 Å². The molecular weight excluding hydrogens is 186 g/mol. The van der Waals surface area contributed by atoms with E-state index in [1.165, 1.54) is 11.0 Å². The van der Waals surface area contributed by atoms with Gasteiger partial charge in [-0.25, -0.2) is 0 Å². The lowest BCUT2D eigenvalue weighted by atomic mass is 10.3. The number of hydrogen-bond donors (Lipinski definition) is 0. The monoisotopic (exact) mass is 197 g/mol. The van der Waals surface area contributed by atoms with Gasteiger partial charge in [0.1, 0.15) is 0 Å². The minimum atomic E-state index is -0.445. The SMILES string of the molecule is CCCc1ccc(/C=C/[N+](=O)[O-])s1. The Balaban J connectivity index is 2.63. The Morgan fingerprint density at radius 3 is 3.00 bits per heavy atom. The zero-order valence-corrected chi connectivity index (χ0v) is 8.21. The number of nitrogens with zero attached hydrogens (tertiary/aromatic N) is 1. The highest BCUT2D eigenvalue weighted by molar-refractivity contribution is 7.12. The fourth-order valence-corrected chi connectivity index (χ4v) is 2.01. The molecular formula is C9H11NO2S. The Labute approximate surface area is 80.9 Å². The summed E-state index contributed by atoms with van der Waals surface area (Å²) in [5.41, 5.74) is 0. The van der Waals surface area contributed by atoms with Gasteiger partial charge in [0.25, 0.3) is 0 Å². The fraction of sp³-hybridized carbons (Fsp3) is 0.333. The van der Waals surface area contributed by atoms with Gasteiger partial charge in [0.15, 0.2) is 0 Å². The predicted molar refractivity (Wildman–Crippen MR) is 54.3 cm³/mol. The van der Waals surface area contributed by atoms with Crippen LogP contribution in [0.4, 0.5) is 0 Å². The second kappa shape index (κ2) is 4.77. The maximum absolute atomic E-state index is 10.0. The molecule has 0 radical (unpaired) electrons. The van der Waals surface area contributed by atoms with E-state index in [2.05, 4.69) is 6.92 Å². The van der Waals surface area contributed by atoms with Gasteiger partial charge in [-0.3, -0.25) is 10.1 Å². The van der Waals surface area contributed by atoms with Gasteiger partial charge in [-0.2, -0.15) is 0 Å². The molecule has 0 aliphatic rings. The molecule has 0 aromatic carbocycles. The molecule has 0 spiro atoms. The van der Waals surface area contributed by atoms with Gasteiger partial charge in [0.05, 0.1) is 4.92 Å². The van der Waals surface area contributed by atoms with Crippen LogP contribution in [0.25, 0.3) is 6.08 Å². The summed E-state index contributed by atoms with van der Waals surface area (Å²) in [6.07, 6.45) is 4.67. The summed E-state index contributed by atoms with van der Waals surface area (Å²) in [7, 11) is 0. The zero-order chi connectivity index (χ0) is 9.68. The lowest BCUT2D eigenvalue weighted by molar-refractivity contribution is -0.400. The van der Waals surface area contributed by atoms with E-state index >= 15 is 0 Å². The second-order valence-electron chi connectivity index (χ2n) is 2.66. The van der Waals surface area contributed by atoms with Gasteiger partial charge in [-0.05, 0) is 18.6 Å². The molecule has 0 aliphatic heterocycles. The quantitative estimate of drug-likeness (QED) is 0.550. The molecule has 13 heavy (non-hydrogen) atoms. The summed E-state index contributed by atoms with van der Waals surface area (Å²) in [4.78, 5) is 11.8. The Morgan fingerprint density at radius 1 is 1.62 bits per heavy atom. The maximum atomic E-state index is 10.0. The van der Waals surface area contributed by atoms with Crippen molar-refractivity contribution in [3.8, 4) is 0 Å². The molecule has 1 aromatic rings. The molecule has 0 atom stereocenters. The van der Waals surface area contributed by atoms with Crippen LogP contribution in [0.3, 0.4) is 0 Å². The second-order valence-corrected chi connectivity index (χ2v) is 3.86.